The van der Waals surface area contributed by atoms with Crippen molar-refractivity contribution >= 4 is 17.2 Å². The van der Waals surface area contributed by atoms with Gasteiger partial charge in [0, 0.05) is 43.7 Å². The van der Waals surface area contributed by atoms with Crippen molar-refractivity contribution in [3.05, 3.63) is 46.5 Å². The molecule has 1 amide bonds. The second kappa shape index (κ2) is 7.05. The standard InChI is InChI=1S/C18H20N4O3S/c1-12-14(13(2)25-20-12)10-21-5-7-22(8-6-21)18(23)15-11-26-17(19-15)16-4-3-9-24-16/h3-4,9,11H,5-8,10H2,1-2H3. The van der Waals surface area contributed by atoms with Gasteiger partial charge in [0.2, 0.25) is 0 Å². The van der Waals surface area contributed by atoms with Crippen LogP contribution in [0.5, 0.6) is 0 Å². The number of nitrogens with zero attached hydrogens (tertiary/aromatic N) is 4. The first-order valence-electron chi connectivity index (χ1n) is 8.54. The van der Waals surface area contributed by atoms with Gasteiger partial charge >= 0.3 is 0 Å². The van der Waals surface area contributed by atoms with E-state index in [1.807, 2.05) is 30.9 Å². The van der Waals surface area contributed by atoms with Crippen molar-refractivity contribution in [1.29, 1.82) is 0 Å². The fourth-order valence-corrected chi connectivity index (χ4v) is 3.87. The Balaban J connectivity index is 1.36. The second-order valence-electron chi connectivity index (χ2n) is 6.39. The average molecular weight is 372 g/mol. The highest BCUT2D eigenvalue weighted by atomic mass is 32.1. The normalized spacial score (nSPS) is 15.5. The number of furan rings is 1. The summed E-state index contributed by atoms with van der Waals surface area (Å²) < 4.78 is 10.6. The van der Waals surface area contributed by atoms with Crippen molar-refractivity contribution in [1.82, 2.24) is 19.9 Å². The summed E-state index contributed by atoms with van der Waals surface area (Å²) in [6.07, 6.45) is 1.61. The SMILES string of the molecule is Cc1noc(C)c1CN1CCN(C(=O)c2csc(-c3ccco3)n2)CC1. The highest BCUT2D eigenvalue weighted by molar-refractivity contribution is 7.13. The van der Waals surface area contributed by atoms with Gasteiger partial charge in [-0.2, -0.15) is 0 Å². The molecule has 1 saturated heterocycles. The monoisotopic (exact) mass is 372 g/mol. The van der Waals surface area contributed by atoms with Gasteiger partial charge in [-0.25, -0.2) is 4.98 Å². The first-order chi connectivity index (χ1) is 12.6. The molecule has 4 rings (SSSR count). The minimum atomic E-state index is -0.0176. The Bertz CT molecular complexity index is 872. The van der Waals surface area contributed by atoms with E-state index in [2.05, 4.69) is 15.0 Å². The molecule has 0 spiro atoms. The van der Waals surface area contributed by atoms with E-state index in [0.29, 0.717) is 24.5 Å². The van der Waals surface area contributed by atoms with Crippen LogP contribution in [0, 0.1) is 13.8 Å². The predicted molar refractivity (Wildman–Crippen MR) is 97.0 cm³/mol. The molecular formula is C18H20N4O3S. The molecule has 1 aliphatic rings. The zero-order chi connectivity index (χ0) is 18.1. The summed E-state index contributed by atoms with van der Waals surface area (Å²) >= 11 is 1.43. The van der Waals surface area contributed by atoms with E-state index >= 15 is 0 Å². The number of hydrogen-bond donors (Lipinski definition) is 0. The third-order valence-corrected chi connectivity index (χ3v) is 5.53. The van der Waals surface area contributed by atoms with E-state index in [1.165, 1.54) is 11.3 Å². The molecule has 136 valence electrons. The molecule has 7 nitrogen and oxygen atoms in total. The van der Waals surface area contributed by atoms with Crippen LogP contribution in [0.1, 0.15) is 27.5 Å². The molecular weight excluding hydrogens is 352 g/mol. The lowest BCUT2D eigenvalue weighted by Crippen LogP contribution is -2.48. The lowest BCUT2D eigenvalue weighted by molar-refractivity contribution is 0.0622. The van der Waals surface area contributed by atoms with Gasteiger partial charge in [-0.15, -0.1) is 11.3 Å². The van der Waals surface area contributed by atoms with Gasteiger partial charge in [0.15, 0.2) is 10.8 Å². The van der Waals surface area contributed by atoms with E-state index < -0.39 is 0 Å². The van der Waals surface area contributed by atoms with Gasteiger partial charge < -0.3 is 13.8 Å². The van der Waals surface area contributed by atoms with Gasteiger partial charge in [-0.3, -0.25) is 9.69 Å². The maximum Gasteiger partial charge on any atom is 0.273 e. The van der Waals surface area contributed by atoms with Crippen LogP contribution >= 0.6 is 11.3 Å². The zero-order valence-electron chi connectivity index (χ0n) is 14.8. The Kier molecular flexibility index (Phi) is 4.60. The maximum atomic E-state index is 12.7. The van der Waals surface area contributed by atoms with Gasteiger partial charge in [0.1, 0.15) is 11.5 Å². The summed E-state index contributed by atoms with van der Waals surface area (Å²) in [7, 11) is 0. The van der Waals surface area contributed by atoms with Crippen LogP contribution in [0.4, 0.5) is 0 Å². The molecule has 4 heterocycles. The first kappa shape index (κ1) is 17.0. The molecule has 0 saturated carbocycles. The summed E-state index contributed by atoms with van der Waals surface area (Å²) in [4.78, 5) is 21.3. The Morgan fingerprint density at radius 1 is 1.27 bits per heavy atom. The lowest BCUT2D eigenvalue weighted by Gasteiger charge is -2.34. The summed E-state index contributed by atoms with van der Waals surface area (Å²) in [5.41, 5.74) is 2.57. The molecule has 0 unspecified atom stereocenters. The van der Waals surface area contributed by atoms with Crippen LogP contribution in [-0.2, 0) is 6.54 Å². The average Bonchev–Trinajstić information content (AvgIpc) is 3.39. The number of aromatic nitrogens is 2. The van der Waals surface area contributed by atoms with E-state index in [1.54, 1.807) is 11.6 Å². The van der Waals surface area contributed by atoms with Crippen LogP contribution in [-0.4, -0.2) is 52.0 Å². The fourth-order valence-electron chi connectivity index (χ4n) is 3.11. The molecule has 0 radical (unpaired) electrons. The molecule has 26 heavy (non-hydrogen) atoms. The lowest BCUT2D eigenvalue weighted by atomic mass is 10.1. The second-order valence-corrected chi connectivity index (χ2v) is 7.24. The van der Waals surface area contributed by atoms with Gasteiger partial charge in [0.05, 0.1) is 12.0 Å². The Hall–Kier alpha value is -2.45. The number of carbonyl (C=O) groups is 1. The van der Waals surface area contributed by atoms with Crippen LogP contribution in [0.15, 0.2) is 32.7 Å². The van der Waals surface area contributed by atoms with Crippen molar-refractivity contribution in [2.45, 2.75) is 20.4 Å². The van der Waals surface area contributed by atoms with Crippen molar-refractivity contribution in [3.8, 4) is 10.8 Å². The minimum absolute atomic E-state index is 0.0176. The largest absolute Gasteiger partial charge is 0.462 e. The quantitative estimate of drug-likeness (QED) is 0.701. The van der Waals surface area contributed by atoms with Crippen molar-refractivity contribution in [2.75, 3.05) is 26.2 Å². The molecule has 8 heteroatoms. The minimum Gasteiger partial charge on any atom is -0.462 e. The Morgan fingerprint density at radius 3 is 2.73 bits per heavy atom. The van der Waals surface area contributed by atoms with Crippen molar-refractivity contribution in [2.24, 2.45) is 0 Å². The summed E-state index contributed by atoms with van der Waals surface area (Å²) in [6.45, 7) is 7.74. The van der Waals surface area contributed by atoms with E-state index in [-0.39, 0.29) is 5.91 Å². The molecule has 0 aromatic carbocycles. The summed E-state index contributed by atoms with van der Waals surface area (Å²) in [6, 6.07) is 3.66. The highest BCUT2D eigenvalue weighted by Gasteiger charge is 2.25. The van der Waals surface area contributed by atoms with Crippen LogP contribution in [0.3, 0.4) is 0 Å². The smallest absolute Gasteiger partial charge is 0.273 e. The number of hydrogen-bond acceptors (Lipinski definition) is 7. The third kappa shape index (κ3) is 3.30. The number of aryl methyl sites for hydroxylation is 2. The van der Waals surface area contributed by atoms with Gasteiger partial charge in [0.25, 0.3) is 5.91 Å². The maximum absolute atomic E-state index is 12.7. The van der Waals surface area contributed by atoms with Crippen LogP contribution in [0.2, 0.25) is 0 Å². The molecule has 0 N–H and O–H groups in total. The molecule has 1 aliphatic heterocycles. The molecule has 0 bridgehead atoms. The zero-order valence-corrected chi connectivity index (χ0v) is 15.6. The van der Waals surface area contributed by atoms with Gasteiger partial charge in [-0.05, 0) is 26.0 Å². The molecule has 1 fully saturated rings. The van der Waals surface area contributed by atoms with E-state index in [9.17, 15) is 4.79 Å². The van der Waals surface area contributed by atoms with Crippen molar-refractivity contribution in [3.63, 3.8) is 0 Å². The fraction of sp³-hybridized carbons (Fsp3) is 0.389. The number of carbonyl (C=O) groups excluding carboxylic acids is 1. The van der Waals surface area contributed by atoms with E-state index in [4.69, 9.17) is 8.94 Å². The molecule has 3 aromatic rings. The number of thiazole rings is 1. The van der Waals surface area contributed by atoms with Crippen LogP contribution < -0.4 is 0 Å². The Morgan fingerprint density at radius 2 is 2.08 bits per heavy atom. The number of amides is 1. The first-order valence-corrected chi connectivity index (χ1v) is 9.42. The van der Waals surface area contributed by atoms with Crippen molar-refractivity contribution < 1.29 is 13.7 Å². The van der Waals surface area contributed by atoms with Crippen LogP contribution in [0.25, 0.3) is 10.8 Å². The highest BCUT2D eigenvalue weighted by Crippen LogP contribution is 2.25. The molecule has 0 atom stereocenters. The Labute approximate surface area is 155 Å². The molecule has 0 aliphatic carbocycles. The topological polar surface area (TPSA) is 75.6 Å². The summed E-state index contributed by atoms with van der Waals surface area (Å²) in [5.74, 6) is 1.54. The summed E-state index contributed by atoms with van der Waals surface area (Å²) in [5, 5.41) is 6.54. The van der Waals surface area contributed by atoms with E-state index in [0.717, 1.165) is 41.7 Å². The number of rotatable bonds is 4. The molecule has 3 aromatic heterocycles. The number of piperazine rings is 1. The van der Waals surface area contributed by atoms with Gasteiger partial charge in [-0.1, -0.05) is 5.16 Å². The third-order valence-electron chi connectivity index (χ3n) is 4.68. The predicted octanol–water partition coefficient (Wildman–Crippen LogP) is 2.97.